The molecular formula is C22H26BrN5O2S. The molecule has 1 aliphatic heterocycles. The molecule has 1 aliphatic rings. The first-order valence-electron chi connectivity index (χ1n) is 10.4. The summed E-state index contributed by atoms with van der Waals surface area (Å²) in [5, 5.41) is 13.5. The number of carbonyl (C=O) groups is 1. The van der Waals surface area contributed by atoms with Crippen LogP contribution < -0.4 is 5.32 Å². The predicted octanol–water partition coefficient (Wildman–Crippen LogP) is 4.26. The van der Waals surface area contributed by atoms with Crippen molar-refractivity contribution in [3.8, 4) is 10.6 Å². The molecule has 0 unspecified atom stereocenters. The lowest BCUT2D eigenvalue weighted by Gasteiger charge is -2.19. The molecule has 0 aliphatic carbocycles. The summed E-state index contributed by atoms with van der Waals surface area (Å²) in [5.41, 5.74) is 1.08. The van der Waals surface area contributed by atoms with E-state index in [1.807, 2.05) is 12.1 Å². The van der Waals surface area contributed by atoms with Crippen molar-refractivity contribution < 1.29 is 9.90 Å². The number of hydrogen-bond acceptors (Lipinski definition) is 7. The zero-order chi connectivity index (χ0) is 21.8. The van der Waals surface area contributed by atoms with Gasteiger partial charge in [0.05, 0.1) is 14.9 Å². The quantitative estimate of drug-likeness (QED) is 0.466. The van der Waals surface area contributed by atoms with E-state index in [1.165, 1.54) is 24.3 Å². The third kappa shape index (κ3) is 5.41. The molecule has 7 nitrogen and oxygen atoms in total. The number of aromatic nitrogens is 2. The van der Waals surface area contributed by atoms with Crippen LogP contribution in [0.1, 0.15) is 23.2 Å². The summed E-state index contributed by atoms with van der Waals surface area (Å²) in [6.45, 7) is 6.47. The van der Waals surface area contributed by atoms with Crippen molar-refractivity contribution in [2.75, 3.05) is 51.6 Å². The van der Waals surface area contributed by atoms with Crippen molar-refractivity contribution in [1.29, 1.82) is 0 Å². The van der Waals surface area contributed by atoms with Gasteiger partial charge in [0.25, 0.3) is 0 Å². The maximum Gasteiger partial charge on any atom is 0.336 e. The molecule has 3 heterocycles. The molecule has 2 aromatic heterocycles. The Morgan fingerprint density at radius 1 is 1.29 bits per heavy atom. The summed E-state index contributed by atoms with van der Waals surface area (Å²) in [7, 11) is 2.19. The van der Waals surface area contributed by atoms with Crippen LogP contribution in [0.25, 0.3) is 20.7 Å². The third-order valence-electron chi connectivity index (χ3n) is 5.52. The number of thiophene rings is 1. The van der Waals surface area contributed by atoms with E-state index < -0.39 is 5.97 Å². The second kappa shape index (κ2) is 10.0. The van der Waals surface area contributed by atoms with Crippen molar-refractivity contribution in [1.82, 2.24) is 19.8 Å². The first-order chi connectivity index (χ1) is 15.0. The molecule has 2 N–H and O–H groups in total. The number of aromatic carboxylic acids is 1. The van der Waals surface area contributed by atoms with Crippen molar-refractivity contribution in [2.24, 2.45) is 0 Å². The van der Waals surface area contributed by atoms with E-state index in [9.17, 15) is 9.90 Å². The summed E-state index contributed by atoms with van der Waals surface area (Å²) < 4.78 is 1.72. The number of anilines is 1. The van der Waals surface area contributed by atoms with Crippen LogP contribution >= 0.6 is 27.3 Å². The number of carboxylic acid groups (broad SMARTS) is 1. The summed E-state index contributed by atoms with van der Waals surface area (Å²) in [6, 6.07) is 7.24. The van der Waals surface area contributed by atoms with Gasteiger partial charge in [-0.1, -0.05) is 6.07 Å². The van der Waals surface area contributed by atoms with E-state index in [-0.39, 0.29) is 0 Å². The van der Waals surface area contributed by atoms with E-state index in [0.717, 1.165) is 64.3 Å². The highest BCUT2D eigenvalue weighted by atomic mass is 79.9. The van der Waals surface area contributed by atoms with Crippen LogP contribution in [0, 0.1) is 0 Å². The zero-order valence-corrected chi connectivity index (χ0v) is 19.9. The molecule has 0 atom stereocenters. The Morgan fingerprint density at radius 3 is 3.00 bits per heavy atom. The van der Waals surface area contributed by atoms with Gasteiger partial charge in [0.15, 0.2) is 0 Å². The summed E-state index contributed by atoms with van der Waals surface area (Å²) in [6.07, 6.45) is 4.00. The maximum atomic E-state index is 11.5. The topological polar surface area (TPSA) is 81.6 Å². The van der Waals surface area contributed by atoms with Gasteiger partial charge in [0.1, 0.15) is 5.69 Å². The minimum Gasteiger partial charge on any atom is -0.478 e. The van der Waals surface area contributed by atoms with Gasteiger partial charge in [-0.3, -0.25) is 0 Å². The Kier molecular flexibility index (Phi) is 7.16. The van der Waals surface area contributed by atoms with Crippen LogP contribution in [0.5, 0.6) is 0 Å². The van der Waals surface area contributed by atoms with E-state index in [1.54, 1.807) is 18.3 Å². The summed E-state index contributed by atoms with van der Waals surface area (Å²) in [4.78, 5) is 26.4. The lowest BCUT2D eigenvalue weighted by atomic mass is 10.1. The number of nitrogens with zero attached hydrogens (tertiary/aromatic N) is 4. The molecule has 4 rings (SSSR count). The Bertz CT molecular complexity index is 1070. The number of nitrogens with one attached hydrogen (secondary N) is 1. The zero-order valence-electron chi connectivity index (χ0n) is 17.5. The third-order valence-corrected chi connectivity index (χ3v) is 7.20. The standard InChI is InChI=1S/C22H26BrN5O2S/c1-27-8-4-10-28(12-11-27)9-3-7-24-22-25-14-17(23)20(26-22)19-13-16-15(21(29)30)5-2-6-18(16)31-19/h2,5-6,13-14H,3-4,7-12H2,1H3,(H,29,30)(H,24,25,26). The molecule has 164 valence electrons. The molecule has 3 aromatic rings. The van der Waals surface area contributed by atoms with E-state index in [2.05, 4.69) is 43.1 Å². The van der Waals surface area contributed by atoms with Gasteiger partial charge in [-0.15, -0.1) is 11.3 Å². The molecule has 31 heavy (non-hydrogen) atoms. The lowest BCUT2D eigenvalue weighted by Crippen LogP contribution is -2.30. The smallest absolute Gasteiger partial charge is 0.336 e. The minimum absolute atomic E-state index is 0.309. The second-order valence-corrected chi connectivity index (χ2v) is 9.74. The molecular weight excluding hydrogens is 478 g/mol. The van der Waals surface area contributed by atoms with Crippen LogP contribution in [0.15, 0.2) is 34.9 Å². The molecule has 0 bridgehead atoms. The van der Waals surface area contributed by atoms with Crippen LogP contribution in [0.4, 0.5) is 5.95 Å². The molecule has 0 radical (unpaired) electrons. The monoisotopic (exact) mass is 503 g/mol. The van der Waals surface area contributed by atoms with E-state index in [0.29, 0.717) is 11.5 Å². The van der Waals surface area contributed by atoms with Crippen molar-refractivity contribution in [3.63, 3.8) is 0 Å². The maximum absolute atomic E-state index is 11.5. The van der Waals surface area contributed by atoms with Gasteiger partial charge in [-0.05, 0) is 73.7 Å². The van der Waals surface area contributed by atoms with Crippen LogP contribution in [0.3, 0.4) is 0 Å². The first-order valence-corrected chi connectivity index (χ1v) is 12.1. The Balaban J connectivity index is 1.42. The van der Waals surface area contributed by atoms with Gasteiger partial charge in [0.2, 0.25) is 5.95 Å². The first kappa shape index (κ1) is 22.1. The van der Waals surface area contributed by atoms with Gasteiger partial charge >= 0.3 is 5.97 Å². The molecule has 9 heteroatoms. The highest BCUT2D eigenvalue weighted by molar-refractivity contribution is 9.10. The van der Waals surface area contributed by atoms with Gasteiger partial charge in [-0.2, -0.15) is 0 Å². The Morgan fingerprint density at radius 2 is 2.16 bits per heavy atom. The largest absolute Gasteiger partial charge is 0.478 e. The lowest BCUT2D eigenvalue weighted by molar-refractivity contribution is 0.0699. The number of fused-ring (bicyclic) bond motifs is 1. The molecule has 0 saturated carbocycles. The summed E-state index contributed by atoms with van der Waals surface area (Å²) >= 11 is 5.08. The van der Waals surface area contributed by atoms with Crippen LogP contribution in [0.2, 0.25) is 0 Å². The second-order valence-electron chi connectivity index (χ2n) is 7.80. The Labute approximate surface area is 194 Å². The van der Waals surface area contributed by atoms with Crippen molar-refractivity contribution in [2.45, 2.75) is 12.8 Å². The molecule has 0 spiro atoms. The molecule has 0 amide bonds. The Hall–Kier alpha value is -2.07. The molecule has 1 fully saturated rings. The average molecular weight is 504 g/mol. The summed E-state index contributed by atoms with van der Waals surface area (Å²) in [5.74, 6) is -0.333. The van der Waals surface area contributed by atoms with Gasteiger partial charge in [0, 0.05) is 35.9 Å². The van der Waals surface area contributed by atoms with E-state index in [4.69, 9.17) is 4.98 Å². The number of carboxylic acids is 1. The SMILES string of the molecule is CN1CCCN(CCCNc2ncc(Br)c(-c3cc4c(C(=O)O)cccc4s3)n2)CC1. The fourth-order valence-corrected chi connectivity index (χ4v) is 5.44. The van der Waals surface area contributed by atoms with Crippen molar-refractivity contribution >= 4 is 49.3 Å². The highest BCUT2D eigenvalue weighted by Gasteiger charge is 2.16. The molecule has 1 aromatic carbocycles. The van der Waals surface area contributed by atoms with Gasteiger partial charge in [-0.25, -0.2) is 14.8 Å². The number of hydrogen-bond donors (Lipinski definition) is 2. The number of benzene rings is 1. The number of rotatable bonds is 7. The number of halogens is 1. The van der Waals surface area contributed by atoms with E-state index >= 15 is 0 Å². The average Bonchev–Trinajstić information content (AvgIpc) is 3.08. The highest BCUT2D eigenvalue weighted by Crippen LogP contribution is 2.37. The number of likely N-dealkylation sites (N-methyl/N-ethyl adjacent to an activating group) is 1. The predicted molar refractivity (Wildman–Crippen MR) is 129 cm³/mol. The van der Waals surface area contributed by atoms with Crippen molar-refractivity contribution in [3.05, 3.63) is 40.5 Å². The normalized spacial score (nSPS) is 15.8. The molecule has 1 saturated heterocycles. The fraction of sp³-hybridized carbons (Fsp3) is 0.409. The fourth-order valence-electron chi connectivity index (χ4n) is 3.82. The van der Waals surface area contributed by atoms with Crippen LogP contribution in [-0.2, 0) is 0 Å². The minimum atomic E-state index is -0.921. The van der Waals surface area contributed by atoms with Gasteiger partial charge < -0.3 is 20.2 Å². The van der Waals surface area contributed by atoms with Crippen LogP contribution in [-0.4, -0.2) is 77.2 Å².